The highest BCUT2D eigenvalue weighted by atomic mass is 32.1. The lowest BCUT2D eigenvalue weighted by Gasteiger charge is -2.03. The van der Waals surface area contributed by atoms with Crippen LogP contribution in [0.15, 0.2) is 48.7 Å². The monoisotopic (exact) mass is 294 g/mol. The molecule has 0 saturated heterocycles. The number of ether oxygens (including phenoxy) is 1. The van der Waals surface area contributed by atoms with Crippen molar-refractivity contribution < 1.29 is 4.74 Å². The van der Waals surface area contributed by atoms with E-state index in [1.807, 2.05) is 18.3 Å². The zero-order valence-electron chi connectivity index (χ0n) is 11.8. The molecular weight excluding hydrogens is 280 g/mol. The van der Waals surface area contributed by atoms with Crippen molar-refractivity contribution in [2.45, 2.75) is 6.92 Å². The predicted molar refractivity (Wildman–Crippen MR) is 87.3 cm³/mol. The normalized spacial score (nSPS) is 11.3. The first-order valence-corrected chi connectivity index (χ1v) is 7.59. The highest BCUT2D eigenvalue weighted by Gasteiger charge is 2.12. The molecular formula is C17H14N2OS. The van der Waals surface area contributed by atoms with Crippen LogP contribution >= 0.6 is 11.3 Å². The Bertz CT molecular complexity index is 935. The van der Waals surface area contributed by atoms with Gasteiger partial charge in [0.25, 0.3) is 0 Å². The van der Waals surface area contributed by atoms with E-state index in [1.54, 1.807) is 18.4 Å². The lowest BCUT2D eigenvalue weighted by atomic mass is 10.1. The Morgan fingerprint density at radius 3 is 2.67 bits per heavy atom. The maximum absolute atomic E-state index is 5.22. The number of rotatable bonds is 2. The van der Waals surface area contributed by atoms with Crippen LogP contribution in [0.5, 0.6) is 5.75 Å². The molecule has 0 bridgehead atoms. The van der Waals surface area contributed by atoms with Crippen LogP contribution in [-0.4, -0.2) is 16.5 Å². The first-order chi connectivity index (χ1) is 10.3. The van der Waals surface area contributed by atoms with E-state index in [0.29, 0.717) is 0 Å². The molecule has 2 aromatic heterocycles. The Labute approximate surface area is 126 Å². The summed E-state index contributed by atoms with van der Waals surface area (Å²) in [5.41, 5.74) is 4.74. The third kappa shape index (κ3) is 1.91. The van der Waals surface area contributed by atoms with Gasteiger partial charge in [0, 0.05) is 5.56 Å². The molecule has 0 fully saturated rings. The predicted octanol–water partition coefficient (Wildman–Crippen LogP) is 4.53. The Morgan fingerprint density at radius 1 is 1.10 bits per heavy atom. The van der Waals surface area contributed by atoms with Gasteiger partial charge in [-0.25, -0.2) is 4.98 Å². The molecule has 0 N–H and O–H groups in total. The van der Waals surface area contributed by atoms with Gasteiger partial charge in [-0.3, -0.25) is 4.40 Å². The van der Waals surface area contributed by atoms with Gasteiger partial charge in [0.1, 0.15) is 5.75 Å². The van der Waals surface area contributed by atoms with Gasteiger partial charge in [-0.15, -0.1) is 0 Å². The zero-order chi connectivity index (χ0) is 14.4. The van der Waals surface area contributed by atoms with Crippen molar-refractivity contribution in [2.24, 2.45) is 0 Å². The average molecular weight is 294 g/mol. The molecule has 0 radical (unpaired) electrons. The standard InChI is InChI=1S/C17H14N2OS/c1-11-3-8-16-14(9-11)19-15(10-18-17(19)21-16)12-4-6-13(20-2)7-5-12/h3-10H,1-2H3. The molecule has 0 aliphatic carbocycles. The van der Waals surface area contributed by atoms with Gasteiger partial charge in [-0.2, -0.15) is 0 Å². The summed E-state index contributed by atoms with van der Waals surface area (Å²) in [7, 11) is 1.68. The molecule has 4 rings (SSSR count). The van der Waals surface area contributed by atoms with Crippen molar-refractivity contribution in [2.75, 3.05) is 7.11 Å². The molecule has 3 nitrogen and oxygen atoms in total. The minimum atomic E-state index is 0.866. The Hall–Kier alpha value is -2.33. The molecule has 0 aliphatic heterocycles. The largest absolute Gasteiger partial charge is 0.497 e. The van der Waals surface area contributed by atoms with Gasteiger partial charge in [0.15, 0.2) is 4.96 Å². The Kier molecular flexibility index (Phi) is 2.72. The summed E-state index contributed by atoms with van der Waals surface area (Å²) in [5, 5.41) is 0. The van der Waals surface area contributed by atoms with Crippen molar-refractivity contribution in [3.05, 3.63) is 54.2 Å². The Balaban J connectivity index is 1.99. The van der Waals surface area contributed by atoms with E-state index in [2.05, 4.69) is 46.6 Å². The molecule has 0 amide bonds. The number of aryl methyl sites for hydroxylation is 1. The summed E-state index contributed by atoms with van der Waals surface area (Å²) in [5.74, 6) is 0.866. The topological polar surface area (TPSA) is 26.5 Å². The van der Waals surface area contributed by atoms with Gasteiger partial charge in [0.05, 0.1) is 29.2 Å². The number of thiazole rings is 1. The third-order valence-electron chi connectivity index (χ3n) is 3.67. The summed E-state index contributed by atoms with van der Waals surface area (Å²) < 4.78 is 8.72. The molecule has 2 heterocycles. The van der Waals surface area contributed by atoms with Crippen LogP contribution in [0.1, 0.15) is 5.56 Å². The molecule has 0 saturated carbocycles. The number of aromatic nitrogens is 2. The number of hydrogen-bond acceptors (Lipinski definition) is 3. The summed E-state index contributed by atoms with van der Waals surface area (Å²) in [6, 6.07) is 14.6. The summed E-state index contributed by atoms with van der Waals surface area (Å²) in [6.07, 6.45) is 1.94. The van der Waals surface area contributed by atoms with E-state index in [4.69, 9.17) is 4.74 Å². The third-order valence-corrected chi connectivity index (χ3v) is 4.71. The van der Waals surface area contributed by atoms with Crippen LogP contribution in [0.25, 0.3) is 26.4 Å². The van der Waals surface area contributed by atoms with Crippen LogP contribution in [-0.2, 0) is 0 Å². The molecule has 0 unspecified atom stereocenters. The van der Waals surface area contributed by atoms with E-state index in [-0.39, 0.29) is 0 Å². The Morgan fingerprint density at radius 2 is 1.90 bits per heavy atom. The number of hydrogen-bond donors (Lipinski definition) is 0. The highest BCUT2D eigenvalue weighted by Crippen LogP contribution is 2.32. The fraction of sp³-hybridized carbons (Fsp3) is 0.118. The second-order valence-corrected chi connectivity index (χ2v) is 6.07. The second-order valence-electron chi connectivity index (χ2n) is 5.06. The minimum Gasteiger partial charge on any atom is -0.497 e. The first kappa shape index (κ1) is 12.4. The van der Waals surface area contributed by atoms with Crippen molar-refractivity contribution in [1.29, 1.82) is 0 Å². The van der Waals surface area contributed by atoms with Gasteiger partial charge in [-0.05, 0) is 48.9 Å². The SMILES string of the molecule is COc1ccc(-c2cnc3sc4ccc(C)cc4n23)cc1. The zero-order valence-corrected chi connectivity index (χ0v) is 12.6. The van der Waals surface area contributed by atoms with Crippen molar-refractivity contribution >= 4 is 26.5 Å². The second kappa shape index (κ2) is 4.60. The molecule has 4 aromatic rings. The van der Waals surface area contributed by atoms with Crippen molar-refractivity contribution in [1.82, 2.24) is 9.38 Å². The molecule has 4 heteroatoms. The van der Waals surface area contributed by atoms with Crippen molar-refractivity contribution in [3.63, 3.8) is 0 Å². The minimum absolute atomic E-state index is 0.866. The molecule has 0 atom stereocenters. The van der Waals surface area contributed by atoms with Crippen LogP contribution in [0.4, 0.5) is 0 Å². The van der Waals surface area contributed by atoms with Crippen LogP contribution in [0.2, 0.25) is 0 Å². The highest BCUT2D eigenvalue weighted by molar-refractivity contribution is 7.23. The molecule has 104 valence electrons. The lowest BCUT2D eigenvalue weighted by Crippen LogP contribution is -1.87. The number of methoxy groups -OCH3 is 1. The fourth-order valence-corrected chi connectivity index (χ4v) is 3.57. The number of imidazole rings is 1. The lowest BCUT2D eigenvalue weighted by molar-refractivity contribution is 0.415. The maximum Gasteiger partial charge on any atom is 0.195 e. The number of benzene rings is 2. The first-order valence-electron chi connectivity index (χ1n) is 6.77. The summed E-state index contributed by atoms with van der Waals surface area (Å²) in [6.45, 7) is 2.12. The van der Waals surface area contributed by atoms with Gasteiger partial charge < -0.3 is 4.74 Å². The van der Waals surface area contributed by atoms with E-state index in [0.717, 1.165) is 22.0 Å². The number of fused-ring (bicyclic) bond motifs is 3. The van der Waals surface area contributed by atoms with Gasteiger partial charge in [0.2, 0.25) is 0 Å². The van der Waals surface area contributed by atoms with Crippen LogP contribution in [0, 0.1) is 6.92 Å². The summed E-state index contributed by atoms with van der Waals surface area (Å²) in [4.78, 5) is 5.58. The smallest absolute Gasteiger partial charge is 0.195 e. The quantitative estimate of drug-likeness (QED) is 0.543. The summed E-state index contributed by atoms with van der Waals surface area (Å²) >= 11 is 1.72. The maximum atomic E-state index is 5.22. The van der Waals surface area contributed by atoms with E-state index in [9.17, 15) is 0 Å². The molecule has 0 spiro atoms. The average Bonchev–Trinajstić information content (AvgIpc) is 3.06. The van der Waals surface area contributed by atoms with Crippen LogP contribution in [0.3, 0.4) is 0 Å². The van der Waals surface area contributed by atoms with Gasteiger partial charge in [-0.1, -0.05) is 17.4 Å². The van der Waals surface area contributed by atoms with E-state index >= 15 is 0 Å². The van der Waals surface area contributed by atoms with Crippen LogP contribution < -0.4 is 4.74 Å². The van der Waals surface area contributed by atoms with Crippen molar-refractivity contribution in [3.8, 4) is 17.0 Å². The van der Waals surface area contributed by atoms with Gasteiger partial charge >= 0.3 is 0 Å². The molecule has 2 aromatic carbocycles. The van der Waals surface area contributed by atoms with E-state index < -0.39 is 0 Å². The molecule has 21 heavy (non-hydrogen) atoms. The van der Waals surface area contributed by atoms with E-state index in [1.165, 1.54) is 15.8 Å². The fourth-order valence-electron chi connectivity index (χ4n) is 2.59. The molecule has 0 aliphatic rings. The number of nitrogens with zero attached hydrogens (tertiary/aromatic N) is 2.